The molecule has 4 nitrogen and oxygen atoms in total. The van der Waals surface area contributed by atoms with E-state index >= 15 is 0 Å². The van der Waals surface area contributed by atoms with Crippen LogP contribution in [-0.4, -0.2) is 24.7 Å². The number of rotatable bonds is 9. The van der Waals surface area contributed by atoms with Gasteiger partial charge in [-0.3, -0.25) is 4.79 Å². The SMILES string of the molecule is Cc1ccc(S(=O)(=O)C(CCCCCc2ccc(F)cc2)C(=O)O)cc1. The summed E-state index contributed by atoms with van der Waals surface area (Å²) in [7, 11) is -3.90. The number of sulfone groups is 1. The van der Waals surface area contributed by atoms with Gasteiger partial charge in [0, 0.05) is 0 Å². The Morgan fingerprint density at radius 2 is 1.62 bits per heavy atom. The molecule has 0 saturated carbocycles. The average molecular weight is 378 g/mol. The van der Waals surface area contributed by atoms with Crippen LogP contribution in [0.2, 0.25) is 0 Å². The van der Waals surface area contributed by atoms with Crippen LogP contribution in [0.25, 0.3) is 0 Å². The lowest BCUT2D eigenvalue weighted by Gasteiger charge is -2.14. The molecule has 0 heterocycles. The molecule has 1 unspecified atom stereocenters. The minimum Gasteiger partial charge on any atom is -0.480 e. The lowest BCUT2D eigenvalue weighted by molar-refractivity contribution is -0.136. The molecule has 2 aromatic rings. The molecular formula is C20H23FO4S. The van der Waals surface area contributed by atoms with Gasteiger partial charge < -0.3 is 5.11 Å². The summed E-state index contributed by atoms with van der Waals surface area (Å²) < 4.78 is 38.0. The lowest BCUT2D eigenvalue weighted by atomic mass is 10.1. The Morgan fingerprint density at radius 1 is 1.00 bits per heavy atom. The van der Waals surface area contributed by atoms with Crippen LogP contribution in [-0.2, 0) is 21.1 Å². The third-order valence-electron chi connectivity index (χ3n) is 4.34. The fourth-order valence-electron chi connectivity index (χ4n) is 2.79. The summed E-state index contributed by atoms with van der Waals surface area (Å²) in [6.07, 6.45) is 2.84. The van der Waals surface area contributed by atoms with E-state index in [0.717, 1.165) is 24.0 Å². The van der Waals surface area contributed by atoms with E-state index in [0.29, 0.717) is 12.8 Å². The summed E-state index contributed by atoms with van der Waals surface area (Å²) in [6, 6.07) is 12.5. The normalized spacial score (nSPS) is 12.7. The van der Waals surface area contributed by atoms with E-state index in [2.05, 4.69) is 0 Å². The van der Waals surface area contributed by atoms with E-state index in [1.165, 1.54) is 24.3 Å². The Morgan fingerprint density at radius 3 is 2.19 bits per heavy atom. The number of carboxylic acids is 1. The summed E-state index contributed by atoms with van der Waals surface area (Å²) in [5.41, 5.74) is 1.92. The van der Waals surface area contributed by atoms with E-state index in [1.807, 2.05) is 6.92 Å². The largest absolute Gasteiger partial charge is 0.480 e. The maximum absolute atomic E-state index is 12.9. The zero-order valence-corrected chi connectivity index (χ0v) is 15.5. The molecule has 0 bridgehead atoms. The van der Waals surface area contributed by atoms with Gasteiger partial charge in [0.25, 0.3) is 0 Å². The van der Waals surface area contributed by atoms with Crippen LogP contribution in [0.1, 0.15) is 36.8 Å². The van der Waals surface area contributed by atoms with Crippen molar-refractivity contribution >= 4 is 15.8 Å². The first-order chi connectivity index (χ1) is 12.3. The van der Waals surface area contributed by atoms with Crippen molar-refractivity contribution in [3.8, 4) is 0 Å². The van der Waals surface area contributed by atoms with Crippen molar-refractivity contribution in [1.29, 1.82) is 0 Å². The maximum atomic E-state index is 12.9. The van der Waals surface area contributed by atoms with Gasteiger partial charge in [0.05, 0.1) is 4.90 Å². The van der Waals surface area contributed by atoms with Crippen molar-refractivity contribution in [2.75, 3.05) is 0 Å². The third-order valence-corrected chi connectivity index (χ3v) is 6.46. The molecule has 0 aliphatic heterocycles. The third kappa shape index (κ3) is 5.39. The number of halogens is 1. The van der Waals surface area contributed by atoms with E-state index in [9.17, 15) is 22.7 Å². The topological polar surface area (TPSA) is 71.4 Å². The summed E-state index contributed by atoms with van der Waals surface area (Å²) in [5.74, 6) is -1.59. The second-order valence-electron chi connectivity index (χ2n) is 6.41. The lowest BCUT2D eigenvalue weighted by Crippen LogP contribution is -2.30. The summed E-state index contributed by atoms with van der Waals surface area (Å²) in [4.78, 5) is 11.5. The Bertz CT molecular complexity index is 827. The molecule has 0 aromatic heterocycles. The monoisotopic (exact) mass is 378 g/mol. The number of carboxylic acid groups (broad SMARTS) is 1. The first-order valence-electron chi connectivity index (χ1n) is 8.58. The molecule has 140 valence electrons. The molecule has 0 amide bonds. The van der Waals surface area contributed by atoms with Gasteiger partial charge in [-0.05, 0) is 56.0 Å². The second-order valence-corrected chi connectivity index (χ2v) is 8.54. The highest BCUT2D eigenvalue weighted by Crippen LogP contribution is 2.22. The zero-order chi connectivity index (χ0) is 19.2. The molecule has 0 radical (unpaired) electrons. The van der Waals surface area contributed by atoms with Gasteiger partial charge in [-0.15, -0.1) is 0 Å². The molecular weight excluding hydrogens is 355 g/mol. The standard InChI is InChI=1S/C20H23FO4S/c1-15-7-13-18(14-8-15)26(24,25)19(20(22)23)6-4-2-3-5-16-9-11-17(21)12-10-16/h7-14,19H,2-6H2,1H3,(H,22,23). The quantitative estimate of drug-likeness (QED) is 0.665. The minimum absolute atomic E-state index is 0.0433. The Balaban J connectivity index is 1.90. The van der Waals surface area contributed by atoms with Crippen LogP contribution in [0.5, 0.6) is 0 Å². The molecule has 0 spiro atoms. The number of aliphatic carboxylic acids is 1. The first kappa shape index (κ1) is 20.1. The van der Waals surface area contributed by atoms with Crippen LogP contribution >= 0.6 is 0 Å². The van der Waals surface area contributed by atoms with Gasteiger partial charge in [0.15, 0.2) is 15.1 Å². The molecule has 0 fully saturated rings. The van der Waals surface area contributed by atoms with Crippen molar-refractivity contribution in [3.63, 3.8) is 0 Å². The predicted molar refractivity (Wildman–Crippen MR) is 98.4 cm³/mol. The first-order valence-corrected chi connectivity index (χ1v) is 10.1. The summed E-state index contributed by atoms with van der Waals surface area (Å²) in [6.45, 7) is 1.84. The number of unbranched alkanes of at least 4 members (excludes halogenated alkanes) is 2. The number of carbonyl (C=O) groups is 1. The highest BCUT2D eigenvalue weighted by Gasteiger charge is 2.33. The van der Waals surface area contributed by atoms with Gasteiger partial charge in [-0.25, -0.2) is 12.8 Å². The minimum atomic E-state index is -3.90. The van der Waals surface area contributed by atoms with Crippen LogP contribution in [0, 0.1) is 12.7 Å². The Labute approximate surface area is 153 Å². The average Bonchev–Trinajstić information content (AvgIpc) is 2.59. The molecule has 2 aromatic carbocycles. The Kier molecular flexibility index (Phi) is 6.91. The van der Waals surface area contributed by atoms with Gasteiger partial charge in [0.1, 0.15) is 5.82 Å². The number of hydrogen-bond acceptors (Lipinski definition) is 3. The fraction of sp³-hybridized carbons (Fsp3) is 0.350. The van der Waals surface area contributed by atoms with E-state index in [4.69, 9.17) is 0 Å². The zero-order valence-electron chi connectivity index (χ0n) is 14.7. The maximum Gasteiger partial charge on any atom is 0.322 e. The summed E-state index contributed by atoms with van der Waals surface area (Å²) >= 11 is 0. The van der Waals surface area contributed by atoms with Gasteiger partial charge >= 0.3 is 5.97 Å². The van der Waals surface area contributed by atoms with Crippen LogP contribution < -0.4 is 0 Å². The highest BCUT2D eigenvalue weighted by molar-refractivity contribution is 7.92. The van der Waals surface area contributed by atoms with E-state index in [1.54, 1.807) is 24.3 Å². The predicted octanol–water partition coefficient (Wildman–Crippen LogP) is 4.16. The van der Waals surface area contributed by atoms with Crippen molar-refractivity contribution in [2.45, 2.75) is 49.2 Å². The number of benzene rings is 2. The highest BCUT2D eigenvalue weighted by atomic mass is 32.2. The van der Waals surface area contributed by atoms with E-state index < -0.39 is 21.1 Å². The Hall–Kier alpha value is -2.21. The second kappa shape index (κ2) is 8.94. The van der Waals surface area contributed by atoms with Gasteiger partial charge in [-0.1, -0.05) is 42.7 Å². The number of hydrogen-bond donors (Lipinski definition) is 1. The van der Waals surface area contributed by atoms with Gasteiger partial charge in [-0.2, -0.15) is 0 Å². The van der Waals surface area contributed by atoms with Crippen molar-refractivity contribution in [1.82, 2.24) is 0 Å². The molecule has 2 rings (SSSR count). The smallest absolute Gasteiger partial charge is 0.322 e. The van der Waals surface area contributed by atoms with Crippen molar-refractivity contribution in [3.05, 3.63) is 65.5 Å². The summed E-state index contributed by atoms with van der Waals surface area (Å²) in [5, 5.41) is 7.94. The molecule has 1 N–H and O–H groups in total. The van der Waals surface area contributed by atoms with Crippen LogP contribution in [0.4, 0.5) is 4.39 Å². The van der Waals surface area contributed by atoms with Crippen molar-refractivity contribution in [2.24, 2.45) is 0 Å². The molecule has 0 aliphatic rings. The molecule has 1 atom stereocenters. The molecule has 6 heteroatoms. The fourth-order valence-corrected chi connectivity index (χ4v) is 4.38. The van der Waals surface area contributed by atoms with E-state index in [-0.39, 0.29) is 17.1 Å². The number of aryl methyl sites for hydroxylation is 2. The van der Waals surface area contributed by atoms with Crippen LogP contribution in [0.15, 0.2) is 53.4 Å². The molecule has 26 heavy (non-hydrogen) atoms. The molecule has 0 saturated heterocycles. The van der Waals surface area contributed by atoms with Crippen LogP contribution in [0.3, 0.4) is 0 Å². The van der Waals surface area contributed by atoms with Gasteiger partial charge in [0.2, 0.25) is 0 Å². The molecule has 0 aliphatic carbocycles. The van der Waals surface area contributed by atoms with Crippen molar-refractivity contribution < 1.29 is 22.7 Å².